The van der Waals surface area contributed by atoms with Crippen molar-refractivity contribution in [2.75, 3.05) is 6.61 Å². The lowest BCUT2D eigenvalue weighted by Gasteiger charge is -2.09. The van der Waals surface area contributed by atoms with Gasteiger partial charge in [-0.3, -0.25) is 0 Å². The van der Waals surface area contributed by atoms with Crippen LogP contribution in [0.2, 0.25) is 0 Å². The monoisotopic (exact) mass is 245 g/mol. The Morgan fingerprint density at radius 3 is 2.59 bits per heavy atom. The van der Waals surface area contributed by atoms with E-state index in [1.54, 1.807) is 0 Å². The molecule has 1 N–H and O–H groups in total. The fraction of sp³-hybridized carbons (Fsp3) is 0.200. The van der Waals surface area contributed by atoms with Crippen molar-refractivity contribution in [2.45, 2.75) is 6.18 Å². The zero-order valence-corrected chi connectivity index (χ0v) is 8.28. The Kier molecular flexibility index (Phi) is 3.58. The molecule has 0 aromatic heterocycles. The number of carboxylic acid groups (broad SMARTS) is 1. The van der Waals surface area contributed by atoms with Gasteiger partial charge in [0.2, 0.25) is 0 Å². The predicted molar refractivity (Wildman–Crippen MR) is 49.3 cm³/mol. The predicted octanol–water partition coefficient (Wildman–Crippen LogP) is 2.04. The van der Waals surface area contributed by atoms with Crippen LogP contribution in [0.3, 0.4) is 0 Å². The molecule has 1 rings (SSSR count). The van der Waals surface area contributed by atoms with Crippen LogP contribution in [0.25, 0.3) is 0 Å². The van der Waals surface area contributed by atoms with E-state index in [1.165, 1.54) is 6.07 Å². The first-order valence-electron chi connectivity index (χ1n) is 4.30. The molecule has 4 nitrogen and oxygen atoms in total. The molecule has 0 saturated carbocycles. The molecular weight excluding hydrogens is 239 g/mol. The molecule has 0 atom stereocenters. The second kappa shape index (κ2) is 4.74. The van der Waals surface area contributed by atoms with Crippen molar-refractivity contribution in [1.82, 2.24) is 0 Å². The SMILES string of the molecule is N#Cc1cc(C(F)(F)F)ccc1OCC(=O)O. The highest BCUT2D eigenvalue weighted by Gasteiger charge is 2.31. The van der Waals surface area contributed by atoms with Gasteiger partial charge in [0.25, 0.3) is 0 Å². The van der Waals surface area contributed by atoms with Crippen LogP contribution in [0, 0.1) is 11.3 Å². The van der Waals surface area contributed by atoms with E-state index in [0.29, 0.717) is 6.07 Å². The number of hydrogen-bond donors (Lipinski definition) is 1. The molecule has 0 radical (unpaired) electrons. The Morgan fingerprint density at radius 2 is 2.12 bits per heavy atom. The standard InChI is InChI=1S/C10H6F3NO3/c11-10(12,13)7-1-2-8(6(3-7)4-14)17-5-9(15)16/h1-3H,5H2,(H,15,16). The molecule has 0 aliphatic rings. The number of rotatable bonds is 3. The number of halogens is 3. The number of nitriles is 1. The largest absolute Gasteiger partial charge is 0.481 e. The molecule has 0 saturated heterocycles. The van der Waals surface area contributed by atoms with Gasteiger partial charge in [-0.15, -0.1) is 0 Å². The molecule has 1 aromatic rings. The third-order valence-electron chi connectivity index (χ3n) is 1.78. The average molecular weight is 245 g/mol. The fourth-order valence-electron chi connectivity index (χ4n) is 1.06. The highest BCUT2D eigenvalue weighted by molar-refractivity contribution is 5.68. The Morgan fingerprint density at radius 1 is 1.47 bits per heavy atom. The number of benzene rings is 1. The van der Waals surface area contributed by atoms with Gasteiger partial charge >= 0.3 is 12.1 Å². The quantitative estimate of drug-likeness (QED) is 0.884. The molecule has 0 unspecified atom stereocenters. The summed E-state index contributed by atoms with van der Waals surface area (Å²) in [5.74, 6) is -1.48. The van der Waals surface area contributed by atoms with Gasteiger partial charge in [-0.05, 0) is 18.2 Å². The first-order valence-corrected chi connectivity index (χ1v) is 4.30. The van der Waals surface area contributed by atoms with Crippen molar-refractivity contribution in [1.29, 1.82) is 5.26 Å². The number of aliphatic carboxylic acids is 1. The Labute approximate surface area is 93.8 Å². The van der Waals surface area contributed by atoms with Crippen molar-refractivity contribution < 1.29 is 27.8 Å². The molecule has 0 aliphatic carbocycles. The maximum atomic E-state index is 12.3. The second-order valence-electron chi connectivity index (χ2n) is 3.00. The summed E-state index contributed by atoms with van der Waals surface area (Å²) in [5.41, 5.74) is -1.35. The summed E-state index contributed by atoms with van der Waals surface area (Å²) in [6, 6.07) is 3.76. The highest BCUT2D eigenvalue weighted by Crippen LogP contribution is 2.32. The molecule has 0 spiro atoms. The summed E-state index contributed by atoms with van der Waals surface area (Å²) in [7, 11) is 0. The minimum absolute atomic E-state index is 0.192. The van der Waals surface area contributed by atoms with Gasteiger partial charge in [0, 0.05) is 0 Å². The van der Waals surface area contributed by atoms with Crippen LogP contribution < -0.4 is 4.74 Å². The number of hydrogen-bond acceptors (Lipinski definition) is 3. The van der Waals surface area contributed by atoms with Crippen LogP contribution in [0.5, 0.6) is 5.75 Å². The number of carboxylic acids is 1. The summed E-state index contributed by atoms with van der Waals surface area (Å²) in [6.07, 6.45) is -4.56. The molecule has 17 heavy (non-hydrogen) atoms. The smallest absolute Gasteiger partial charge is 0.416 e. The van der Waals surface area contributed by atoms with Gasteiger partial charge in [0.15, 0.2) is 6.61 Å². The lowest BCUT2D eigenvalue weighted by Crippen LogP contribution is -2.11. The van der Waals surface area contributed by atoms with E-state index in [1.807, 2.05) is 0 Å². The third kappa shape index (κ3) is 3.38. The number of ether oxygens (including phenoxy) is 1. The number of nitrogens with zero attached hydrogens (tertiary/aromatic N) is 1. The van der Waals surface area contributed by atoms with E-state index < -0.39 is 24.3 Å². The minimum Gasteiger partial charge on any atom is -0.481 e. The highest BCUT2D eigenvalue weighted by atomic mass is 19.4. The zero-order valence-electron chi connectivity index (χ0n) is 8.28. The van der Waals surface area contributed by atoms with E-state index in [2.05, 4.69) is 4.74 Å². The Balaban J connectivity index is 3.03. The van der Waals surface area contributed by atoms with Crippen molar-refractivity contribution in [3.63, 3.8) is 0 Å². The van der Waals surface area contributed by atoms with E-state index in [9.17, 15) is 18.0 Å². The maximum Gasteiger partial charge on any atom is 0.416 e. The number of alkyl halides is 3. The Bertz CT molecular complexity index is 477. The summed E-state index contributed by atoms with van der Waals surface area (Å²) in [5, 5.41) is 17.0. The van der Waals surface area contributed by atoms with Gasteiger partial charge in [0.05, 0.1) is 11.1 Å². The van der Waals surface area contributed by atoms with Crippen molar-refractivity contribution in [3.05, 3.63) is 29.3 Å². The zero-order chi connectivity index (χ0) is 13.1. The van der Waals surface area contributed by atoms with Gasteiger partial charge in [0.1, 0.15) is 11.8 Å². The molecule has 1 aromatic carbocycles. The lowest BCUT2D eigenvalue weighted by molar-refractivity contribution is -0.140. The number of carbonyl (C=O) groups is 1. The van der Waals surface area contributed by atoms with E-state index in [-0.39, 0.29) is 11.3 Å². The van der Waals surface area contributed by atoms with Crippen molar-refractivity contribution in [3.8, 4) is 11.8 Å². The molecule has 0 aliphatic heterocycles. The lowest BCUT2D eigenvalue weighted by atomic mass is 10.1. The van der Waals surface area contributed by atoms with Crippen LogP contribution >= 0.6 is 0 Å². The van der Waals surface area contributed by atoms with Crippen molar-refractivity contribution in [2.24, 2.45) is 0 Å². The van der Waals surface area contributed by atoms with Crippen molar-refractivity contribution >= 4 is 5.97 Å². The molecular formula is C10H6F3NO3. The third-order valence-corrected chi connectivity index (χ3v) is 1.78. The van der Waals surface area contributed by atoms with Crippen LogP contribution in [-0.4, -0.2) is 17.7 Å². The average Bonchev–Trinajstić information content (AvgIpc) is 2.24. The first kappa shape index (κ1) is 12.8. The molecule has 0 heterocycles. The normalized spacial score (nSPS) is 10.7. The maximum absolute atomic E-state index is 12.3. The van der Waals surface area contributed by atoms with Gasteiger partial charge in [-0.1, -0.05) is 0 Å². The molecule has 0 amide bonds. The van der Waals surface area contributed by atoms with Crippen LogP contribution in [0.1, 0.15) is 11.1 Å². The van der Waals surface area contributed by atoms with E-state index >= 15 is 0 Å². The Hall–Kier alpha value is -2.23. The van der Waals surface area contributed by atoms with E-state index in [0.717, 1.165) is 12.1 Å². The summed E-state index contributed by atoms with van der Waals surface area (Å²) in [6.45, 7) is -0.722. The molecule has 0 fully saturated rings. The van der Waals surface area contributed by atoms with Crippen LogP contribution in [0.15, 0.2) is 18.2 Å². The second-order valence-corrected chi connectivity index (χ2v) is 3.00. The molecule has 90 valence electrons. The summed E-state index contributed by atoms with van der Waals surface area (Å²) in [4.78, 5) is 10.2. The van der Waals surface area contributed by atoms with Crippen LogP contribution in [-0.2, 0) is 11.0 Å². The van der Waals surface area contributed by atoms with E-state index in [4.69, 9.17) is 10.4 Å². The molecule has 7 heteroatoms. The summed E-state index contributed by atoms with van der Waals surface area (Å²) >= 11 is 0. The molecule has 0 bridgehead atoms. The van der Waals surface area contributed by atoms with Gasteiger partial charge in [-0.25, -0.2) is 4.79 Å². The van der Waals surface area contributed by atoms with Gasteiger partial charge < -0.3 is 9.84 Å². The summed E-state index contributed by atoms with van der Waals surface area (Å²) < 4.78 is 41.6. The minimum atomic E-state index is -4.56. The first-order chi connectivity index (χ1) is 7.84. The van der Waals surface area contributed by atoms with Gasteiger partial charge in [-0.2, -0.15) is 18.4 Å². The fourth-order valence-corrected chi connectivity index (χ4v) is 1.06. The van der Waals surface area contributed by atoms with Crippen LogP contribution in [0.4, 0.5) is 13.2 Å². The topological polar surface area (TPSA) is 70.3 Å².